The van der Waals surface area contributed by atoms with Crippen LogP contribution in [0.1, 0.15) is 26.2 Å². The van der Waals surface area contributed by atoms with Crippen molar-refractivity contribution in [3.63, 3.8) is 0 Å². The smallest absolute Gasteiger partial charge is 0.309 e. The third-order valence-corrected chi connectivity index (χ3v) is 2.43. The lowest BCUT2D eigenvalue weighted by molar-refractivity contribution is -0.146. The molecular formula is C8H12O4. The summed E-state index contributed by atoms with van der Waals surface area (Å²) in [6.45, 7) is 1.55. The Morgan fingerprint density at radius 1 is 1.42 bits per heavy atom. The minimum atomic E-state index is -0.914. The molecule has 1 saturated carbocycles. The molecule has 1 aliphatic carbocycles. The highest BCUT2D eigenvalue weighted by Crippen LogP contribution is 2.50. The average Bonchev–Trinajstić information content (AvgIpc) is 2.68. The zero-order chi connectivity index (χ0) is 9.35. The van der Waals surface area contributed by atoms with Gasteiger partial charge < -0.3 is 10.2 Å². The fourth-order valence-electron chi connectivity index (χ4n) is 1.33. The second-order valence-corrected chi connectivity index (χ2v) is 3.53. The molecule has 0 heterocycles. The van der Waals surface area contributed by atoms with Crippen LogP contribution in [0.4, 0.5) is 0 Å². The van der Waals surface area contributed by atoms with Crippen molar-refractivity contribution in [3.05, 3.63) is 0 Å². The fourth-order valence-corrected chi connectivity index (χ4v) is 1.33. The van der Waals surface area contributed by atoms with Crippen molar-refractivity contribution in [2.75, 3.05) is 0 Å². The van der Waals surface area contributed by atoms with E-state index in [1.807, 2.05) is 0 Å². The normalized spacial score (nSPS) is 21.4. The maximum Gasteiger partial charge on any atom is 0.309 e. The summed E-state index contributed by atoms with van der Waals surface area (Å²) in [5.41, 5.74) is -0.711. The number of hydrogen-bond donors (Lipinski definition) is 2. The zero-order valence-electron chi connectivity index (χ0n) is 6.91. The minimum absolute atomic E-state index is 0.262. The van der Waals surface area contributed by atoms with E-state index in [1.165, 1.54) is 0 Å². The molecular weight excluding hydrogens is 160 g/mol. The highest BCUT2D eigenvalue weighted by molar-refractivity contribution is 5.79. The Morgan fingerprint density at radius 3 is 2.17 bits per heavy atom. The van der Waals surface area contributed by atoms with Gasteiger partial charge in [0.15, 0.2) is 0 Å². The zero-order valence-corrected chi connectivity index (χ0v) is 6.91. The molecule has 4 heteroatoms. The molecule has 1 unspecified atom stereocenters. The first-order chi connectivity index (χ1) is 5.48. The third-order valence-electron chi connectivity index (χ3n) is 2.43. The van der Waals surface area contributed by atoms with Crippen LogP contribution in [0.25, 0.3) is 0 Å². The van der Waals surface area contributed by atoms with Crippen LogP contribution < -0.4 is 0 Å². The van der Waals surface area contributed by atoms with E-state index in [4.69, 9.17) is 10.2 Å². The van der Waals surface area contributed by atoms with E-state index in [-0.39, 0.29) is 6.42 Å². The van der Waals surface area contributed by atoms with Crippen LogP contribution in [-0.4, -0.2) is 22.2 Å². The highest BCUT2D eigenvalue weighted by atomic mass is 16.4. The third kappa shape index (κ3) is 1.57. The standard InChI is InChI=1S/C8H12O4/c1-5(6(9)10)4-8(2-3-8)7(11)12/h5H,2-4H2,1H3,(H,9,10)(H,11,12). The van der Waals surface area contributed by atoms with E-state index in [0.717, 1.165) is 0 Å². The molecule has 0 bridgehead atoms. The minimum Gasteiger partial charge on any atom is -0.481 e. The van der Waals surface area contributed by atoms with Crippen molar-refractivity contribution in [1.29, 1.82) is 0 Å². The molecule has 2 N–H and O–H groups in total. The van der Waals surface area contributed by atoms with Gasteiger partial charge >= 0.3 is 11.9 Å². The summed E-state index contributed by atoms with van der Waals surface area (Å²) in [5, 5.41) is 17.3. The topological polar surface area (TPSA) is 74.6 Å². The predicted octanol–water partition coefficient (Wildman–Crippen LogP) is 0.962. The summed E-state index contributed by atoms with van der Waals surface area (Å²) in [6.07, 6.45) is 1.51. The van der Waals surface area contributed by atoms with Crippen LogP contribution in [0.3, 0.4) is 0 Å². The van der Waals surface area contributed by atoms with E-state index in [9.17, 15) is 9.59 Å². The second kappa shape index (κ2) is 2.77. The molecule has 1 aliphatic rings. The van der Waals surface area contributed by atoms with Gasteiger partial charge in [-0.3, -0.25) is 9.59 Å². The molecule has 0 radical (unpaired) electrons. The summed E-state index contributed by atoms with van der Waals surface area (Å²) in [6, 6.07) is 0. The van der Waals surface area contributed by atoms with E-state index in [2.05, 4.69) is 0 Å². The molecule has 0 amide bonds. The SMILES string of the molecule is CC(CC1(C(=O)O)CC1)C(=O)O. The summed E-state index contributed by atoms with van der Waals surface area (Å²) in [4.78, 5) is 21.1. The molecule has 1 fully saturated rings. The Bertz CT molecular complexity index is 217. The lowest BCUT2D eigenvalue weighted by atomic mass is 9.93. The van der Waals surface area contributed by atoms with Gasteiger partial charge in [0.25, 0.3) is 0 Å². The number of carbonyl (C=O) groups is 2. The molecule has 1 rings (SSSR count). The van der Waals surface area contributed by atoms with Gasteiger partial charge in [0.1, 0.15) is 0 Å². The molecule has 0 aromatic rings. The van der Waals surface area contributed by atoms with E-state index in [1.54, 1.807) is 6.92 Å². The predicted molar refractivity (Wildman–Crippen MR) is 40.7 cm³/mol. The van der Waals surface area contributed by atoms with Gasteiger partial charge in [-0.05, 0) is 19.3 Å². The summed E-state index contributed by atoms with van der Waals surface area (Å²) in [7, 11) is 0. The van der Waals surface area contributed by atoms with Crippen LogP contribution in [0.2, 0.25) is 0 Å². The summed E-state index contributed by atoms with van der Waals surface area (Å²) >= 11 is 0. The largest absolute Gasteiger partial charge is 0.481 e. The van der Waals surface area contributed by atoms with Gasteiger partial charge in [0.2, 0.25) is 0 Å². The second-order valence-electron chi connectivity index (χ2n) is 3.53. The maximum absolute atomic E-state index is 10.6. The Labute approximate surface area is 70.2 Å². The van der Waals surface area contributed by atoms with Crippen LogP contribution >= 0.6 is 0 Å². The first kappa shape index (κ1) is 9.03. The van der Waals surface area contributed by atoms with Crippen molar-refractivity contribution < 1.29 is 19.8 Å². The number of rotatable bonds is 4. The Hall–Kier alpha value is -1.06. The van der Waals surface area contributed by atoms with Crippen LogP contribution in [0, 0.1) is 11.3 Å². The van der Waals surface area contributed by atoms with Gasteiger partial charge in [-0.2, -0.15) is 0 Å². The van der Waals surface area contributed by atoms with E-state index < -0.39 is 23.3 Å². The fraction of sp³-hybridized carbons (Fsp3) is 0.750. The van der Waals surface area contributed by atoms with Gasteiger partial charge in [-0.1, -0.05) is 6.92 Å². The molecule has 0 aromatic carbocycles. The number of carboxylic acid groups (broad SMARTS) is 2. The first-order valence-corrected chi connectivity index (χ1v) is 3.94. The molecule has 12 heavy (non-hydrogen) atoms. The van der Waals surface area contributed by atoms with E-state index in [0.29, 0.717) is 12.8 Å². The monoisotopic (exact) mass is 172 g/mol. The van der Waals surface area contributed by atoms with Crippen molar-refractivity contribution in [3.8, 4) is 0 Å². The molecule has 0 aromatic heterocycles. The van der Waals surface area contributed by atoms with Gasteiger partial charge in [0, 0.05) is 0 Å². The lowest BCUT2D eigenvalue weighted by Gasteiger charge is -2.11. The van der Waals surface area contributed by atoms with Gasteiger partial charge in [-0.15, -0.1) is 0 Å². The van der Waals surface area contributed by atoms with E-state index >= 15 is 0 Å². The summed E-state index contributed by atoms with van der Waals surface area (Å²) < 4.78 is 0. The van der Waals surface area contributed by atoms with Crippen molar-refractivity contribution in [1.82, 2.24) is 0 Å². The Kier molecular flexibility index (Phi) is 2.08. The maximum atomic E-state index is 10.6. The molecule has 0 spiro atoms. The highest BCUT2D eigenvalue weighted by Gasteiger charge is 2.51. The van der Waals surface area contributed by atoms with Gasteiger partial charge in [0.05, 0.1) is 11.3 Å². The van der Waals surface area contributed by atoms with Crippen molar-refractivity contribution in [2.24, 2.45) is 11.3 Å². The van der Waals surface area contributed by atoms with Crippen LogP contribution in [0.5, 0.6) is 0 Å². The number of hydrogen-bond acceptors (Lipinski definition) is 2. The van der Waals surface area contributed by atoms with Crippen molar-refractivity contribution >= 4 is 11.9 Å². The molecule has 0 saturated heterocycles. The van der Waals surface area contributed by atoms with Crippen LogP contribution in [0.15, 0.2) is 0 Å². The number of carboxylic acids is 2. The average molecular weight is 172 g/mol. The number of aliphatic carboxylic acids is 2. The lowest BCUT2D eigenvalue weighted by Crippen LogP contribution is -2.21. The Balaban J connectivity index is 2.51. The summed E-state index contributed by atoms with van der Waals surface area (Å²) in [5.74, 6) is -2.32. The van der Waals surface area contributed by atoms with Crippen molar-refractivity contribution in [2.45, 2.75) is 26.2 Å². The quantitative estimate of drug-likeness (QED) is 0.662. The molecule has 4 nitrogen and oxygen atoms in total. The van der Waals surface area contributed by atoms with Gasteiger partial charge in [-0.25, -0.2) is 0 Å². The molecule has 1 atom stereocenters. The molecule has 68 valence electrons. The van der Waals surface area contributed by atoms with Crippen LogP contribution in [-0.2, 0) is 9.59 Å². The molecule has 0 aliphatic heterocycles. The Morgan fingerprint density at radius 2 is 1.92 bits per heavy atom. The first-order valence-electron chi connectivity index (χ1n) is 3.94.